The van der Waals surface area contributed by atoms with Crippen LogP contribution in [0.4, 0.5) is 24.5 Å². The number of nitrogens with zero attached hydrogens (tertiary/aromatic N) is 5. The Kier molecular flexibility index (Phi) is 6.07. The van der Waals surface area contributed by atoms with Crippen molar-refractivity contribution in [3.63, 3.8) is 0 Å². The van der Waals surface area contributed by atoms with Crippen LogP contribution in [0, 0.1) is 5.92 Å². The highest BCUT2D eigenvalue weighted by Crippen LogP contribution is 2.37. The lowest BCUT2D eigenvalue weighted by molar-refractivity contribution is -0.140. The van der Waals surface area contributed by atoms with Gasteiger partial charge in [0, 0.05) is 37.8 Å². The van der Waals surface area contributed by atoms with Crippen LogP contribution in [-0.2, 0) is 13.2 Å². The van der Waals surface area contributed by atoms with Gasteiger partial charge >= 0.3 is 6.18 Å². The molecular formula is C23H25F3N6O2. The zero-order chi connectivity index (χ0) is 24.7. The number of nitrogens with one attached hydrogen (secondary N) is 1. The van der Waals surface area contributed by atoms with Crippen molar-refractivity contribution in [3.05, 3.63) is 54.2 Å². The van der Waals surface area contributed by atoms with Crippen LogP contribution in [0.5, 0.6) is 0 Å². The number of halogens is 3. The summed E-state index contributed by atoms with van der Waals surface area (Å²) >= 11 is 0. The van der Waals surface area contributed by atoms with Crippen LogP contribution in [0.2, 0.25) is 0 Å². The second-order valence-electron chi connectivity index (χ2n) is 8.94. The molecule has 0 saturated carbocycles. The second-order valence-corrected chi connectivity index (χ2v) is 8.94. The molecule has 0 unspecified atom stereocenters. The zero-order valence-electron chi connectivity index (χ0n) is 19.0. The lowest BCUT2D eigenvalue weighted by Crippen LogP contribution is -2.33. The summed E-state index contributed by atoms with van der Waals surface area (Å²) in [5.41, 5.74) is -1.00. The number of aryl methyl sites for hydroxylation is 1. The van der Waals surface area contributed by atoms with E-state index in [2.05, 4.69) is 20.4 Å². The molecule has 3 aromatic rings. The Balaban J connectivity index is 1.61. The maximum absolute atomic E-state index is 13.6. The maximum atomic E-state index is 13.6. The van der Waals surface area contributed by atoms with E-state index in [9.17, 15) is 23.1 Å². The average molecular weight is 474 g/mol. The van der Waals surface area contributed by atoms with E-state index in [0.29, 0.717) is 36.5 Å². The molecule has 0 spiro atoms. The van der Waals surface area contributed by atoms with Crippen molar-refractivity contribution in [1.29, 1.82) is 0 Å². The third kappa shape index (κ3) is 5.04. The van der Waals surface area contributed by atoms with Crippen molar-refractivity contribution in [2.75, 3.05) is 23.3 Å². The van der Waals surface area contributed by atoms with Crippen molar-refractivity contribution in [2.45, 2.75) is 32.0 Å². The summed E-state index contributed by atoms with van der Waals surface area (Å²) in [7, 11) is 1.74. The molecule has 1 fully saturated rings. The van der Waals surface area contributed by atoms with Gasteiger partial charge in [0.1, 0.15) is 5.69 Å². The van der Waals surface area contributed by atoms with Gasteiger partial charge in [-0.25, -0.2) is 9.97 Å². The highest BCUT2D eigenvalue weighted by atomic mass is 19.4. The molecule has 1 saturated heterocycles. The fourth-order valence-corrected chi connectivity index (χ4v) is 3.98. The highest BCUT2D eigenvalue weighted by molar-refractivity contribution is 6.03. The van der Waals surface area contributed by atoms with E-state index in [1.54, 1.807) is 50.1 Å². The van der Waals surface area contributed by atoms with Crippen LogP contribution >= 0.6 is 0 Å². The van der Waals surface area contributed by atoms with E-state index < -0.39 is 29.1 Å². The summed E-state index contributed by atoms with van der Waals surface area (Å²) in [4.78, 5) is 22.6. The van der Waals surface area contributed by atoms with Gasteiger partial charge in [0.2, 0.25) is 0 Å². The van der Waals surface area contributed by atoms with Gasteiger partial charge in [0.25, 0.3) is 5.91 Å². The van der Waals surface area contributed by atoms with Crippen molar-refractivity contribution < 1.29 is 23.1 Å². The number of carbonyl (C=O) groups is 1. The Hall–Kier alpha value is -3.47. The van der Waals surface area contributed by atoms with E-state index in [-0.39, 0.29) is 11.6 Å². The third-order valence-electron chi connectivity index (χ3n) is 5.92. The Bertz CT molecular complexity index is 1200. The zero-order valence-corrected chi connectivity index (χ0v) is 19.0. The van der Waals surface area contributed by atoms with Crippen LogP contribution in [0.1, 0.15) is 36.5 Å². The van der Waals surface area contributed by atoms with Gasteiger partial charge in [0.15, 0.2) is 5.69 Å². The molecule has 4 rings (SSSR count). The van der Waals surface area contributed by atoms with E-state index in [4.69, 9.17) is 0 Å². The van der Waals surface area contributed by atoms with Gasteiger partial charge in [-0.05, 0) is 38.5 Å². The van der Waals surface area contributed by atoms with Gasteiger partial charge in [-0.2, -0.15) is 18.3 Å². The lowest BCUT2D eigenvalue weighted by Gasteiger charge is -2.26. The molecule has 1 amide bonds. The number of rotatable bonds is 5. The normalized spacial score (nSPS) is 16.7. The van der Waals surface area contributed by atoms with Crippen LogP contribution in [-0.4, -0.2) is 49.5 Å². The van der Waals surface area contributed by atoms with Gasteiger partial charge < -0.3 is 15.3 Å². The molecule has 11 heteroatoms. The van der Waals surface area contributed by atoms with E-state index in [1.807, 2.05) is 4.90 Å². The SMILES string of the molecule is Cn1cc(-c2cccc(C(=O)Nc3cc(N4CC[C@@H](C(C)(C)O)C4)cnc3C(F)(F)F)n2)cn1. The number of alkyl halides is 3. The summed E-state index contributed by atoms with van der Waals surface area (Å²) < 4.78 is 42.5. The Morgan fingerprint density at radius 3 is 2.62 bits per heavy atom. The minimum absolute atomic E-state index is 0.0350. The summed E-state index contributed by atoms with van der Waals surface area (Å²) in [6.45, 7) is 4.46. The summed E-state index contributed by atoms with van der Waals surface area (Å²) in [6.07, 6.45) is 0.378. The van der Waals surface area contributed by atoms with Gasteiger partial charge in [-0.3, -0.25) is 9.48 Å². The highest BCUT2D eigenvalue weighted by Gasteiger charge is 2.38. The summed E-state index contributed by atoms with van der Waals surface area (Å²) in [5, 5.41) is 16.7. The number of hydrogen-bond donors (Lipinski definition) is 2. The van der Waals surface area contributed by atoms with Gasteiger partial charge in [-0.15, -0.1) is 0 Å². The number of amides is 1. The third-order valence-corrected chi connectivity index (χ3v) is 5.92. The molecule has 3 aromatic heterocycles. The van der Waals surface area contributed by atoms with Crippen molar-refractivity contribution >= 4 is 17.3 Å². The number of aromatic nitrogens is 4. The number of hydrogen-bond acceptors (Lipinski definition) is 6. The van der Waals surface area contributed by atoms with Crippen molar-refractivity contribution in [3.8, 4) is 11.3 Å². The quantitative estimate of drug-likeness (QED) is 0.585. The monoisotopic (exact) mass is 474 g/mol. The number of carbonyl (C=O) groups excluding carboxylic acids is 1. The molecule has 1 atom stereocenters. The maximum Gasteiger partial charge on any atom is 0.435 e. The standard InChI is InChI=1S/C23H25F3N6O2/c1-22(2,34)15-7-8-32(13-15)16-9-19(20(27-11-16)23(24,25)26)30-21(33)18-6-4-5-17(29-18)14-10-28-31(3)12-14/h4-6,9-12,15,34H,7-8,13H2,1-3H3,(H,30,33)/t15-/m1/s1. The Labute approximate surface area is 194 Å². The average Bonchev–Trinajstić information content (AvgIpc) is 3.42. The largest absolute Gasteiger partial charge is 0.435 e. The first-order valence-corrected chi connectivity index (χ1v) is 10.7. The Morgan fingerprint density at radius 1 is 1.24 bits per heavy atom. The van der Waals surface area contributed by atoms with Crippen LogP contribution in [0.15, 0.2) is 42.9 Å². The molecule has 0 aromatic carbocycles. The fourth-order valence-electron chi connectivity index (χ4n) is 3.98. The molecule has 180 valence electrons. The smallest absolute Gasteiger partial charge is 0.390 e. The van der Waals surface area contributed by atoms with Crippen LogP contribution < -0.4 is 10.2 Å². The predicted octanol–water partition coefficient (Wildman–Crippen LogP) is 3.75. The second kappa shape index (κ2) is 8.71. The fraction of sp³-hybridized carbons (Fsp3) is 0.391. The molecule has 1 aliphatic rings. The molecule has 8 nitrogen and oxygen atoms in total. The molecule has 34 heavy (non-hydrogen) atoms. The first-order valence-electron chi connectivity index (χ1n) is 10.7. The Morgan fingerprint density at radius 2 is 2.00 bits per heavy atom. The van der Waals surface area contributed by atoms with Crippen molar-refractivity contribution in [1.82, 2.24) is 19.7 Å². The molecular weight excluding hydrogens is 449 g/mol. The minimum atomic E-state index is -4.76. The molecule has 0 bridgehead atoms. The lowest BCUT2D eigenvalue weighted by atomic mass is 9.90. The summed E-state index contributed by atoms with van der Waals surface area (Å²) in [5.74, 6) is -0.821. The molecule has 4 heterocycles. The van der Waals surface area contributed by atoms with Crippen molar-refractivity contribution in [2.24, 2.45) is 13.0 Å². The van der Waals surface area contributed by atoms with Gasteiger partial charge in [0.05, 0.1) is 35.1 Å². The van der Waals surface area contributed by atoms with Crippen LogP contribution in [0.3, 0.4) is 0 Å². The first-order chi connectivity index (χ1) is 15.9. The van der Waals surface area contributed by atoms with E-state index in [0.717, 1.165) is 6.20 Å². The topological polar surface area (TPSA) is 96.2 Å². The molecule has 0 radical (unpaired) electrons. The predicted molar refractivity (Wildman–Crippen MR) is 120 cm³/mol. The number of anilines is 2. The van der Waals surface area contributed by atoms with Crippen LogP contribution in [0.25, 0.3) is 11.3 Å². The van der Waals surface area contributed by atoms with Gasteiger partial charge in [-0.1, -0.05) is 6.07 Å². The summed E-state index contributed by atoms with van der Waals surface area (Å²) in [6, 6.07) is 5.98. The number of aliphatic hydroxyl groups is 1. The molecule has 0 aliphatic carbocycles. The number of pyridine rings is 2. The first kappa shape index (κ1) is 23.7. The van der Waals surface area contributed by atoms with E-state index >= 15 is 0 Å². The minimum Gasteiger partial charge on any atom is -0.390 e. The van der Waals surface area contributed by atoms with E-state index in [1.165, 1.54) is 12.1 Å². The molecule has 1 aliphatic heterocycles. The molecule has 2 N–H and O–H groups in total.